The summed E-state index contributed by atoms with van der Waals surface area (Å²) in [7, 11) is 1.84. The molecule has 0 spiro atoms. The van der Waals surface area contributed by atoms with Crippen molar-refractivity contribution in [2.75, 3.05) is 33.3 Å². The quantitative estimate of drug-likeness (QED) is 0.847. The molecule has 0 aromatic heterocycles. The number of nitrogens with zero attached hydrogens (tertiary/aromatic N) is 2. The van der Waals surface area contributed by atoms with Crippen LogP contribution in [0.2, 0.25) is 0 Å². The number of halogens is 1. The monoisotopic (exact) mass is 310 g/mol. The van der Waals surface area contributed by atoms with Crippen LogP contribution in [0.15, 0.2) is 24.3 Å². The molecule has 1 heterocycles. The van der Waals surface area contributed by atoms with Crippen LogP contribution in [0.4, 0.5) is 4.39 Å². The molecule has 0 radical (unpaired) electrons. The van der Waals surface area contributed by atoms with Crippen LogP contribution in [0, 0.1) is 5.82 Å². The fourth-order valence-corrected chi connectivity index (χ4v) is 2.63. The van der Waals surface area contributed by atoms with Gasteiger partial charge < -0.3 is 14.7 Å². The Morgan fingerprint density at radius 3 is 2.73 bits per heavy atom. The van der Waals surface area contributed by atoms with Gasteiger partial charge >= 0.3 is 0 Å². The predicted octanol–water partition coefficient (Wildman–Crippen LogP) is 0.866. The van der Waals surface area contributed by atoms with Crippen molar-refractivity contribution < 1.29 is 19.0 Å². The number of likely N-dealkylation sites (N-methyl/N-ethyl adjacent to an activating group) is 1. The summed E-state index contributed by atoms with van der Waals surface area (Å²) in [4.78, 5) is 15.8. The molecule has 122 valence electrons. The highest BCUT2D eigenvalue weighted by Crippen LogP contribution is 2.14. The maximum Gasteiger partial charge on any atom is 0.236 e. The number of amides is 1. The second-order valence-corrected chi connectivity index (χ2v) is 5.66. The van der Waals surface area contributed by atoms with Gasteiger partial charge in [0, 0.05) is 26.2 Å². The first kappa shape index (κ1) is 16.9. The van der Waals surface area contributed by atoms with Crippen molar-refractivity contribution in [3.63, 3.8) is 0 Å². The van der Waals surface area contributed by atoms with Crippen molar-refractivity contribution in [1.29, 1.82) is 0 Å². The van der Waals surface area contributed by atoms with Gasteiger partial charge in [-0.3, -0.25) is 9.69 Å². The lowest BCUT2D eigenvalue weighted by Gasteiger charge is -2.21. The van der Waals surface area contributed by atoms with E-state index in [1.807, 2.05) is 18.9 Å². The molecule has 0 aliphatic carbocycles. The van der Waals surface area contributed by atoms with Gasteiger partial charge in [0.1, 0.15) is 11.9 Å². The molecular weight excluding hydrogens is 287 g/mol. The Balaban J connectivity index is 1.82. The number of ether oxygens (including phenoxy) is 1. The number of likely N-dealkylation sites (tertiary alicyclic amines) is 1. The van der Waals surface area contributed by atoms with Crippen molar-refractivity contribution in [2.45, 2.75) is 25.7 Å². The molecular formula is C16H23FN2O3. The molecule has 1 aromatic rings. The van der Waals surface area contributed by atoms with E-state index in [1.165, 1.54) is 12.1 Å². The number of carbonyl (C=O) groups is 1. The first-order chi connectivity index (χ1) is 10.5. The highest BCUT2D eigenvalue weighted by molar-refractivity contribution is 5.78. The average molecular weight is 310 g/mol. The molecule has 2 rings (SSSR count). The Labute approximate surface area is 130 Å². The summed E-state index contributed by atoms with van der Waals surface area (Å²) in [5.41, 5.74) is 0.949. The molecule has 2 atom stereocenters. The molecule has 0 saturated carbocycles. The van der Waals surface area contributed by atoms with Gasteiger partial charge in [-0.1, -0.05) is 12.1 Å². The van der Waals surface area contributed by atoms with Crippen LogP contribution in [0.5, 0.6) is 0 Å². The molecule has 1 aromatic carbocycles. The van der Waals surface area contributed by atoms with Gasteiger partial charge in [-0.25, -0.2) is 4.39 Å². The molecule has 1 saturated heterocycles. The fraction of sp³-hybridized carbons (Fsp3) is 0.562. The van der Waals surface area contributed by atoms with Crippen molar-refractivity contribution in [3.8, 4) is 0 Å². The molecule has 1 N–H and O–H groups in total. The van der Waals surface area contributed by atoms with E-state index < -0.39 is 6.10 Å². The summed E-state index contributed by atoms with van der Waals surface area (Å²) >= 11 is 0. The van der Waals surface area contributed by atoms with E-state index >= 15 is 0 Å². The van der Waals surface area contributed by atoms with E-state index in [0.29, 0.717) is 26.2 Å². The zero-order valence-electron chi connectivity index (χ0n) is 13.0. The van der Waals surface area contributed by atoms with Crippen molar-refractivity contribution in [3.05, 3.63) is 35.6 Å². The fourth-order valence-electron chi connectivity index (χ4n) is 2.63. The van der Waals surface area contributed by atoms with E-state index in [4.69, 9.17) is 4.74 Å². The van der Waals surface area contributed by atoms with Crippen LogP contribution in [0.3, 0.4) is 0 Å². The average Bonchev–Trinajstić information content (AvgIpc) is 2.83. The zero-order valence-corrected chi connectivity index (χ0v) is 13.0. The minimum atomic E-state index is -0.619. The Kier molecular flexibility index (Phi) is 5.88. The van der Waals surface area contributed by atoms with Crippen LogP contribution in [-0.2, 0) is 16.1 Å². The number of aliphatic hydroxyl groups excluding tert-OH is 1. The van der Waals surface area contributed by atoms with Crippen LogP contribution in [0.1, 0.15) is 12.5 Å². The molecule has 1 aliphatic rings. The standard InChI is InChI=1S/C16H23FN2O3/c1-3-22-15-10-19(9-14(15)20)16(21)11-18(2)8-12-4-6-13(17)7-5-12/h4-7,14-15,20H,3,8-11H2,1-2H3. The van der Waals surface area contributed by atoms with Gasteiger partial charge in [-0.15, -0.1) is 0 Å². The molecule has 0 bridgehead atoms. The zero-order chi connectivity index (χ0) is 16.1. The lowest BCUT2D eigenvalue weighted by Crippen LogP contribution is -2.38. The van der Waals surface area contributed by atoms with Gasteiger partial charge in [0.2, 0.25) is 5.91 Å². The van der Waals surface area contributed by atoms with Gasteiger partial charge in [-0.2, -0.15) is 0 Å². The number of carbonyl (C=O) groups excluding carboxylic acids is 1. The Bertz CT molecular complexity index is 495. The van der Waals surface area contributed by atoms with Crippen LogP contribution in [-0.4, -0.2) is 66.3 Å². The van der Waals surface area contributed by atoms with E-state index in [1.54, 1.807) is 17.0 Å². The molecule has 6 heteroatoms. The predicted molar refractivity (Wildman–Crippen MR) is 80.7 cm³/mol. The lowest BCUT2D eigenvalue weighted by atomic mass is 10.2. The third-order valence-corrected chi connectivity index (χ3v) is 3.74. The van der Waals surface area contributed by atoms with E-state index in [-0.39, 0.29) is 24.4 Å². The second kappa shape index (κ2) is 7.67. The summed E-state index contributed by atoms with van der Waals surface area (Å²) < 4.78 is 18.3. The van der Waals surface area contributed by atoms with Crippen LogP contribution in [0.25, 0.3) is 0 Å². The van der Waals surface area contributed by atoms with E-state index in [9.17, 15) is 14.3 Å². The highest BCUT2D eigenvalue weighted by atomic mass is 19.1. The van der Waals surface area contributed by atoms with Crippen molar-refractivity contribution in [1.82, 2.24) is 9.80 Å². The molecule has 1 fully saturated rings. The van der Waals surface area contributed by atoms with Crippen molar-refractivity contribution in [2.24, 2.45) is 0 Å². The van der Waals surface area contributed by atoms with Crippen molar-refractivity contribution >= 4 is 5.91 Å². The van der Waals surface area contributed by atoms with E-state index in [2.05, 4.69) is 0 Å². The minimum absolute atomic E-state index is 0.0362. The highest BCUT2D eigenvalue weighted by Gasteiger charge is 2.34. The normalized spacial score (nSPS) is 21.6. The summed E-state index contributed by atoms with van der Waals surface area (Å²) in [6.45, 7) is 3.95. The summed E-state index contributed by atoms with van der Waals surface area (Å²) in [5.74, 6) is -0.304. The first-order valence-electron chi connectivity index (χ1n) is 7.50. The van der Waals surface area contributed by atoms with Crippen LogP contribution >= 0.6 is 0 Å². The number of β-amino-alcohol motifs (C(OH)–C–C–N with tert-alkyl or cyclic N) is 1. The maximum absolute atomic E-state index is 12.9. The topological polar surface area (TPSA) is 53.0 Å². The van der Waals surface area contributed by atoms with Gasteiger partial charge in [0.25, 0.3) is 0 Å². The summed E-state index contributed by atoms with van der Waals surface area (Å²) in [5, 5.41) is 9.87. The number of rotatable bonds is 6. The smallest absolute Gasteiger partial charge is 0.236 e. The van der Waals surface area contributed by atoms with Gasteiger partial charge in [0.15, 0.2) is 0 Å². The molecule has 2 unspecified atom stereocenters. The Morgan fingerprint density at radius 2 is 2.09 bits per heavy atom. The SMILES string of the molecule is CCOC1CN(C(=O)CN(C)Cc2ccc(F)cc2)CC1O. The number of benzene rings is 1. The molecule has 5 nitrogen and oxygen atoms in total. The van der Waals surface area contributed by atoms with E-state index in [0.717, 1.165) is 5.56 Å². The third kappa shape index (κ3) is 4.50. The minimum Gasteiger partial charge on any atom is -0.388 e. The van der Waals surface area contributed by atoms with Gasteiger partial charge in [0.05, 0.1) is 12.6 Å². The summed E-state index contributed by atoms with van der Waals surface area (Å²) in [6, 6.07) is 6.24. The first-order valence-corrected chi connectivity index (χ1v) is 7.50. The largest absolute Gasteiger partial charge is 0.388 e. The number of hydrogen-bond acceptors (Lipinski definition) is 4. The number of aliphatic hydroxyl groups is 1. The Hall–Kier alpha value is -1.50. The second-order valence-electron chi connectivity index (χ2n) is 5.66. The Morgan fingerprint density at radius 1 is 1.41 bits per heavy atom. The lowest BCUT2D eigenvalue weighted by molar-refractivity contribution is -0.131. The third-order valence-electron chi connectivity index (χ3n) is 3.74. The summed E-state index contributed by atoms with van der Waals surface area (Å²) in [6.07, 6.45) is -0.914. The maximum atomic E-state index is 12.9. The number of hydrogen-bond donors (Lipinski definition) is 1. The molecule has 1 aliphatic heterocycles. The molecule has 22 heavy (non-hydrogen) atoms. The molecule has 1 amide bonds. The van der Waals surface area contributed by atoms with Crippen LogP contribution < -0.4 is 0 Å². The van der Waals surface area contributed by atoms with Gasteiger partial charge in [-0.05, 0) is 31.7 Å².